The number of fused-ring (bicyclic) bond motifs is 2. The highest BCUT2D eigenvalue weighted by Gasteiger charge is 2.25. The summed E-state index contributed by atoms with van der Waals surface area (Å²) in [5.41, 5.74) is 3.21. The summed E-state index contributed by atoms with van der Waals surface area (Å²) in [6, 6.07) is 22.4. The van der Waals surface area contributed by atoms with Gasteiger partial charge in [0.15, 0.2) is 11.5 Å². The third-order valence-electron chi connectivity index (χ3n) is 5.99. The molecule has 0 amide bonds. The van der Waals surface area contributed by atoms with E-state index >= 15 is 0 Å². The Morgan fingerprint density at radius 1 is 0.917 bits per heavy atom. The molecule has 1 aliphatic heterocycles. The first-order chi connectivity index (χ1) is 17.6. The van der Waals surface area contributed by atoms with E-state index in [-0.39, 0.29) is 6.61 Å². The molecule has 0 bridgehead atoms. The Kier molecular flexibility index (Phi) is 9.49. The predicted octanol–water partition coefficient (Wildman–Crippen LogP) is 4.18. The molecule has 0 spiro atoms. The zero-order chi connectivity index (χ0) is 25.3. The molecule has 36 heavy (non-hydrogen) atoms. The standard InChI is InChI=1S/C28H34N2O5S/c1-33-15-16-35-26-17-21(11-12-25(26)34-2)18-29(13-14-31)19-22(32)20-30-23-7-3-5-9-27(23)36-28-10-6-4-8-24(28)30/h3-12,17,22,31-32H,13-16,18-20H2,1-2H3/t22-/m1/s1. The lowest BCUT2D eigenvalue weighted by molar-refractivity contribution is 0.100. The number of β-amino-alcohol motifs (C(OH)–C–C–N with tert-alkyl or cyclic N) is 1. The van der Waals surface area contributed by atoms with Crippen LogP contribution in [0, 0.1) is 0 Å². The van der Waals surface area contributed by atoms with E-state index < -0.39 is 6.10 Å². The molecule has 0 radical (unpaired) electrons. The molecule has 0 saturated carbocycles. The Labute approximate surface area is 217 Å². The number of aliphatic hydroxyl groups excluding tert-OH is 2. The number of benzene rings is 3. The number of methoxy groups -OCH3 is 2. The van der Waals surface area contributed by atoms with Crippen molar-refractivity contribution >= 4 is 23.1 Å². The van der Waals surface area contributed by atoms with Crippen molar-refractivity contribution in [1.82, 2.24) is 4.90 Å². The van der Waals surface area contributed by atoms with Crippen LogP contribution in [-0.4, -0.2) is 74.9 Å². The quantitative estimate of drug-likeness (QED) is 0.332. The normalized spacial score (nSPS) is 13.3. The molecule has 1 aliphatic rings. The summed E-state index contributed by atoms with van der Waals surface area (Å²) >= 11 is 1.75. The Morgan fingerprint density at radius 2 is 1.61 bits per heavy atom. The fourth-order valence-electron chi connectivity index (χ4n) is 4.35. The third kappa shape index (κ3) is 6.52. The first-order valence-electron chi connectivity index (χ1n) is 12.1. The van der Waals surface area contributed by atoms with Crippen LogP contribution in [0.25, 0.3) is 0 Å². The Bertz CT molecular complexity index is 1080. The van der Waals surface area contributed by atoms with E-state index in [4.69, 9.17) is 14.2 Å². The molecule has 1 heterocycles. The third-order valence-corrected chi connectivity index (χ3v) is 7.12. The number of rotatable bonds is 13. The van der Waals surface area contributed by atoms with Crippen molar-refractivity contribution in [1.29, 1.82) is 0 Å². The molecule has 7 nitrogen and oxygen atoms in total. The molecule has 0 aromatic heterocycles. The van der Waals surface area contributed by atoms with Gasteiger partial charge in [-0.05, 0) is 42.0 Å². The molecule has 0 unspecified atom stereocenters. The van der Waals surface area contributed by atoms with Gasteiger partial charge < -0.3 is 29.3 Å². The van der Waals surface area contributed by atoms with E-state index in [0.29, 0.717) is 50.9 Å². The van der Waals surface area contributed by atoms with Gasteiger partial charge in [-0.15, -0.1) is 0 Å². The average Bonchev–Trinajstić information content (AvgIpc) is 2.89. The van der Waals surface area contributed by atoms with Gasteiger partial charge in [0.2, 0.25) is 0 Å². The SMILES string of the molecule is COCCOc1cc(CN(CCO)C[C@@H](O)CN2c3ccccc3Sc3ccccc32)ccc1OC. The molecular formula is C28H34N2O5S. The van der Waals surface area contributed by atoms with E-state index in [9.17, 15) is 10.2 Å². The number of hydrogen-bond donors (Lipinski definition) is 2. The second kappa shape index (κ2) is 13.0. The zero-order valence-corrected chi connectivity index (χ0v) is 21.6. The van der Waals surface area contributed by atoms with Gasteiger partial charge in [0.05, 0.1) is 44.3 Å². The molecule has 1 atom stereocenters. The van der Waals surface area contributed by atoms with Crippen molar-refractivity contribution in [3.05, 3.63) is 72.3 Å². The molecule has 0 fully saturated rings. The summed E-state index contributed by atoms with van der Waals surface area (Å²) in [5, 5.41) is 20.9. The summed E-state index contributed by atoms with van der Waals surface area (Å²) in [4.78, 5) is 6.60. The number of nitrogens with zero attached hydrogens (tertiary/aromatic N) is 2. The van der Waals surface area contributed by atoms with Gasteiger partial charge in [-0.3, -0.25) is 4.90 Å². The Balaban J connectivity index is 1.47. The van der Waals surface area contributed by atoms with Crippen molar-refractivity contribution in [2.75, 3.05) is 58.6 Å². The van der Waals surface area contributed by atoms with Gasteiger partial charge in [-0.2, -0.15) is 0 Å². The van der Waals surface area contributed by atoms with Crippen molar-refractivity contribution < 1.29 is 24.4 Å². The molecule has 4 rings (SSSR count). The molecule has 0 aliphatic carbocycles. The van der Waals surface area contributed by atoms with Gasteiger partial charge in [0, 0.05) is 36.5 Å². The summed E-state index contributed by atoms with van der Waals surface area (Å²) in [7, 11) is 3.25. The molecule has 8 heteroatoms. The lowest BCUT2D eigenvalue weighted by Crippen LogP contribution is -2.40. The predicted molar refractivity (Wildman–Crippen MR) is 143 cm³/mol. The first kappa shape index (κ1) is 26.3. The number of aliphatic hydroxyl groups is 2. The van der Waals surface area contributed by atoms with Crippen LogP contribution in [0.4, 0.5) is 11.4 Å². The van der Waals surface area contributed by atoms with Gasteiger partial charge in [-0.25, -0.2) is 0 Å². The van der Waals surface area contributed by atoms with Crippen LogP contribution in [0.2, 0.25) is 0 Å². The van der Waals surface area contributed by atoms with E-state index in [1.807, 2.05) is 42.5 Å². The summed E-state index contributed by atoms with van der Waals surface area (Å²) in [5.74, 6) is 1.31. The molecule has 3 aromatic carbocycles. The maximum atomic E-state index is 11.2. The average molecular weight is 511 g/mol. The Morgan fingerprint density at radius 3 is 2.25 bits per heavy atom. The summed E-state index contributed by atoms with van der Waals surface area (Å²) in [6.07, 6.45) is -0.628. The van der Waals surface area contributed by atoms with Crippen molar-refractivity contribution in [2.24, 2.45) is 0 Å². The largest absolute Gasteiger partial charge is 0.493 e. The zero-order valence-electron chi connectivity index (χ0n) is 20.8. The maximum Gasteiger partial charge on any atom is 0.161 e. The lowest BCUT2D eigenvalue weighted by Gasteiger charge is -2.35. The minimum atomic E-state index is -0.628. The number of anilines is 2. The fraction of sp³-hybridized carbons (Fsp3) is 0.357. The van der Waals surface area contributed by atoms with E-state index in [1.54, 1.807) is 26.0 Å². The van der Waals surface area contributed by atoms with Gasteiger partial charge in [0.25, 0.3) is 0 Å². The van der Waals surface area contributed by atoms with Crippen LogP contribution < -0.4 is 14.4 Å². The molecule has 192 valence electrons. The fourth-order valence-corrected chi connectivity index (χ4v) is 5.44. The van der Waals surface area contributed by atoms with Gasteiger partial charge >= 0.3 is 0 Å². The van der Waals surface area contributed by atoms with Crippen LogP contribution in [0.15, 0.2) is 76.5 Å². The second-order valence-corrected chi connectivity index (χ2v) is 9.67. The number of para-hydroxylation sites is 2. The maximum absolute atomic E-state index is 11.2. The van der Waals surface area contributed by atoms with E-state index in [1.165, 1.54) is 9.79 Å². The lowest BCUT2D eigenvalue weighted by atomic mass is 10.1. The highest BCUT2D eigenvalue weighted by molar-refractivity contribution is 7.99. The number of ether oxygens (including phenoxy) is 3. The highest BCUT2D eigenvalue weighted by Crippen LogP contribution is 2.47. The van der Waals surface area contributed by atoms with Crippen LogP contribution in [0.1, 0.15) is 5.56 Å². The second-order valence-electron chi connectivity index (χ2n) is 8.59. The van der Waals surface area contributed by atoms with Gasteiger partial charge in [-0.1, -0.05) is 42.1 Å². The molecule has 2 N–H and O–H groups in total. The molecule has 0 saturated heterocycles. The van der Waals surface area contributed by atoms with Gasteiger partial charge in [0.1, 0.15) is 6.61 Å². The van der Waals surface area contributed by atoms with Crippen LogP contribution in [-0.2, 0) is 11.3 Å². The first-order valence-corrected chi connectivity index (χ1v) is 12.9. The topological polar surface area (TPSA) is 74.6 Å². The summed E-state index contributed by atoms with van der Waals surface area (Å²) in [6.45, 7) is 2.79. The van der Waals surface area contributed by atoms with Crippen molar-refractivity contribution in [2.45, 2.75) is 22.4 Å². The van der Waals surface area contributed by atoms with Crippen LogP contribution in [0.5, 0.6) is 11.5 Å². The van der Waals surface area contributed by atoms with Crippen molar-refractivity contribution in [3.8, 4) is 11.5 Å². The minimum absolute atomic E-state index is 0.00604. The van der Waals surface area contributed by atoms with E-state index in [0.717, 1.165) is 16.9 Å². The molecule has 3 aromatic rings. The summed E-state index contributed by atoms with van der Waals surface area (Å²) < 4.78 is 16.3. The highest BCUT2D eigenvalue weighted by atomic mass is 32.2. The Hall–Kier alpha value is -2.75. The minimum Gasteiger partial charge on any atom is -0.493 e. The number of hydrogen-bond acceptors (Lipinski definition) is 8. The van der Waals surface area contributed by atoms with Crippen molar-refractivity contribution in [3.63, 3.8) is 0 Å². The smallest absolute Gasteiger partial charge is 0.161 e. The molecular weight excluding hydrogens is 476 g/mol. The van der Waals surface area contributed by atoms with E-state index in [2.05, 4.69) is 34.1 Å². The van der Waals surface area contributed by atoms with Crippen LogP contribution in [0.3, 0.4) is 0 Å². The monoisotopic (exact) mass is 510 g/mol. The van der Waals surface area contributed by atoms with Crippen LogP contribution >= 0.6 is 11.8 Å².